The Morgan fingerprint density at radius 2 is 1.66 bits per heavy atom. The summed E-state index contributed by atoms with van der Waals surface area (Å²) in [6.07, 6.45) is 1.16. The van der Waals surface area contributed by atoms with Crippen LogP contribution in [0.4, 0.5) is 11.4 Å². The average molecular weight is 429 g/mol. The van der Waals surface area contributed by atoms with E-state index in [1.54, 1.807) is 36.4 Å². The topological polar surface area (TPSA) is 66.5 Å². The second-order valence-electron chi connectivity index (χ2n) is 6.72. The Hall–Kier alpha value is -2.83. The van der Waals surface area contributed by atoms with Gasteiger partial charge in [0.05, 0.1) is 18.5 Å². The summed E-state index contributed by atoms with van der Waals surface area (Å²) in [4.78, 5) is 12.5. The number of carbonyl (C=O) groups is 1. The van der Waals surface area contributed by atoms with Gasteiger partial charge >= 0.3 is 0 Å². The highest BCUT2D eigenvalue weighted by Gasteiger charge is 2.18. The van der Waals surface area contributed by atoms with Crippen molar-refractivity contribution in [2.45, 2.75) is 13.5 Å². The molecule has 1 N–H and O–H groups in total. The minimum absolute atomic E-state index is 0.215. The maximum absolute atomic E-state index is 12.5. The van der Waals surface area contributed by atoms with E-state index in [0.717, 1.165) is 17.4 Å². The minimum Gasteiger partial charge on any atom is -0.322 e. The number of halogens is 1. The molecule has 5 nitrogen and oxygen atoms in total. The SMILES string of the molecule is Cc1ccc(NC(=O)c2ccc(N(Cc3ccccc3)S(C)(=O)=O)cc2)cc1Cl. The molecular formula is C22H21ClN2O3S. The Labute approximate surface area is 176 Å². The number of hydrogen-bond donors (Lipinski definition) is 1. The molecule has 0 aliphatic rings. The van der Waals surface area contributed by atoms with E-state index in [1.165, 1.54) is 4.31 Å². The number of benzene rings is 3. The van der Waals surface area contributed by atoms with Gasteiger partial charge in [-0.15, -0.1) is 0 Å². The van der Waals surface area contributed by atoms with Gasteiger partial charge in [0.15, 0.2) is 0 Å². The van der Waals surface area contributed by atoms with Crippen LogP contribution in [0.1, 0.15) is 21.5 Å². The molecule has 0 unspecified atom stereocenters. The van der Waals surface area contributed by atoms with Crippen molar-refractivity contribution in [2.75, 3.05) is 15.9 Å². The zero-order valence-corrected chi connectivity index (χ0v) is 17.7. The fourth-order valence-corrected chi connectivity index (χ4v) is 3.87. The predicted octanol–water partition coefficient (Wildman–Crippen LogP) is 4.87. The van der Waals surface area contributed by atoms with E-state index in [4.69, 9.17) is 11.6 Å². The van der Waals surface area contributed by atoms with E-state index in [2.05, 4.69) is 5.32 Å². The number of sulfonamides is 1. The van der Waals surface area contributed by atoms with Crippen LogP contribution in [0.5, 0.6) is 0 Å². The van der Waals surface area contributed by atoms with Gasteiger partial charge < -0.3 is 5.32 Å². The molecule has 0 bridgehead atoms. The van der Waals surface area contributed by atoms with Crippen molar-refractivity contribution >= 4 is 38.9 Å². The molecule has 0 saturated heterocycles. The molecule has 29 heavy (non-hydrogen) atoms. The van der Waals surface area contributed by atoms with Crippen LogP contribution < -0.4 is 9.62 Å². The van der Waals surface area contributed by atoms with Gasteiger partial charge in [0.25, 0.3) is 5.91 Å². The second kappa shape index (κ2) is 8.68. The highest BCUT2D eigenvalue weighted by atomic mass is 35.5. The summed E-state index contributed by atoms with van der Waals surface area (Å²) in [5.41, 5.74) is 3.30. The van der Waals surface area contributed by atoms with Crippen molar-refractivity contribution in [3.8, 4) is 0 Å². The molecule has 0 fully saturated rings. The highest BCUT2D eigenvalue weighted by Crippen LogP contribution is 2.23. The van der Waals surface area contributed by atoms with E-state index in [1.807, 2.05) is 43.3 Å². The predicted molar refractivity (Wildman–Crippen MR) is 118 cm³/mol. The van der Waals surface area contributed by atoms with Gasteiger partial charge in [0, 0.05) is 16.3 Å². The first-order chi connectivity index (χ1) is 13.7. The van der Waals surface area contributed by atoms with Gasteiger partial charge in [-0.25, -0.2) is 8.42 Å². The summed E-state index contributed by atoms with van der Waals surface area (Å²) in [5.74, 6) is -0.301. The normalized spacial score (nSPS) is 11.1. The summed E-state index contributed by atoms with van der Waals surface area (Å²) >= 11 is 6.09. The quantitative estimate of drug-likeness (QED) is 0.609. The summed E-state index contributed by atoms with van der Waals surface area (Å²) in [7, 11) is -3.49. The molecule has 3 rings (SSSR count). The Morgan fingerprint density at radius 1 is 1.00 bits per heavy atom. The van der Waals surface area contributed by atoms with Crippen molar-refractivity contribution < 1.29 is 13.2 Å². The number of amides is 1. The second-order valence-corrected chi connectivity index (χ2v) is 9.03. The Balaban J connectivity index is 1.79. The number of nitrogens with one attached hydrogen (secondary N) is 1. The van der Waals surface area contributed by atoms with Crippen LogP contribution in [0.3, 0.4) is 0 Å². The van der Waals surface area contributed by atoms with Crippen LogP contribution in [-0.4, -0.2) is 20.6 Å². The summed E-state index contributed by atoms with van der Waals surface area (Å²) in [6.45, 7) is 2.10. The van der Waals surface area contributed by atoms with Crippen LogP contribution in [0.25, 0.3) is 0 Å². The van der Waals surface area contributed by atoms with Crippen LogP contribution in [0.2, 0.25) is 5.02 Å². The smallest absolute Gasteiger partial charge is 0.255 e. The molecule has 0 aliphatic heterocycles. The van der Waals surface area contributed by atoms with E-state index < -0.39 is 10.0 Å². The minimum atomic E-state index is -3.49. The molecule has 0 radical (unpaired) electrons. The molecule has 0 heterocycles. The molecule has 1 amide bonds. The maximum Gasteiger partial charge on any atom is 0.255 e. The maximum atomic E-state index is 12.5. The lowest BCUT2D eigenvalue weighted by atomic mass is 10.1. The van der Waals surface area contributed by atoms with Gasteiger partial charge in [-0.1, -0.05) is 48.0 Å². The molecule has 3 aromatic carbocycles. The van der Waals surface area contributed by atoms with Gasteiger partial charge in [0.2, 0.25) is 10.0 Å². The fourth-order valence-electron chi connectivity index (χ4n) is 2.80. The zero-order chi connectivity index (χ0) is 21.0. The van der Waals surface area contributed by atoms with Crippen molar-refractivity contribution in [1.29, 1.82) is 0 Å². The lowest BCUT2D eigenvalue weighted by Gasteiger charge is -2.22. The summed E-state index contributed by atoms with van der Waals surface area (Å²) in [5, 5.41) is 3.36. The molecule has 3 aromatic rings. The first-order valence-electron chi connectivity index (χ1n) is 8.93. The van der Waals surface area contributed by atoms with Crippen molar-refractivity contribution in [2.24, 2.45) is 0 Å². The number of rotatable bonds is 6. The molecular weight excluding hydrogens is 408 g/mol. The van der Waals surface area contributed by atoms with E-state index in [9.17, 15) is 13.2 Å². The monoisotopic (exact) mass is 428 g/mol. The van der Waals surface area contributed by atoms with Gasteiger partial charge in [-0.2, -0.15) is 0 Å². The van der Waals surface area contributed by atoms with E-state index in [-0.39, 0.29) is 12.5 Å². The Bertz CT molecular complexity index is 1110. The number of aryl methyl sites for hydroxylation is 1. The Kier molecular flexibility index (Phi) is 6.25. The van der Waals surface area contributed by atoms with Crippen LogP contribution in [0.15, 0.2) is 72.8 Å². The number of nitrogens with zero attached hydrogens (tertiary/aromatic N) is 1. The summed E-state index contributed by atoms with van der Waals surface area (Å²) in [6, 6.07) is 21.1. The fraction of sp³-hybridized carbons (Fsp3) is 0.136. The van der Waals surface area contributed by atoms with Gasteiger partial charge in [-0.3, -0.25) is 9.10 Å². The number of carbonyl (C=O) groups excluding carboxylic acids is 1. The lowest BCUT2D eigenvalue weighted by molar-refractivity contribution is 0.102. The molecule has 0 atom stereocenters. The van der Waals surface area contributed by atoms with E-state index >= 15 is 0 Å². The Morgan fingerprint density at radius 3 is 2.24 bits per heavy atom. The van der Waals surface area contributed by atoms with Crippen LogP contribution in [0, 0.1) is 6.92 Å². The third-order valence-corrected chi connectivity index (χ3v) is 5.96. The largest absolute Gasteiger partial charge is 0.322 e. The van der Waals surface area contributed by atoms with Gasteiger partial charge in [0.1, 0.15) is 0 Å². The molecule has 0 aromatic heterocycles. The lowest BCUT2D eigenvalue weighted by Crippen LogP contribution is -2.29. The number of anilines is 2. The third-order valence-electron chi connectivity index (χ3n) is 4.42. The molecule has 0 spiro atoms. The zero-order valence-electron chi connectivity index (χ0n) is 16.1. The molecule has 7 heteroatoms. The van der Waals surface area contributed by atoms with Crippen LogP contribution >= 0.6 is 11.6 Å². The van der Waals surface area contributed by atoms with Crippen molar-refractivity contribution in [3.05, 3.63) is 94.5 Å². The summed E-state index contributed by atoms with van der Waals surface area (Å²) < 4.78 is 25.9. The van der Waals surface area contributed by atoms with Crippen molar-refractivity contribution in [1.82, 2.24) is 0 Å². The average Bonchev–Trinajstić information content (AvgIpc) is 2.69. The van der Waals surface area contributed by atoms with E-state index in [0.29, 0.717) is 22.0 Å². The molecule has 150 valence electrons. The number of hydrogen-bond acceptors (Lipinski definition) is 3. The molecule has 0 aliphatic carbocycles. The van der Waals surface area contributed by atoms with Crippen molar-refractivity contribution in [3.63, 3.8) is 0 Å². The third kappa shape index (κ3) is 5.37. The van der Waals surface area contributed by atoms with Crippen LogP contribution in [-0.2, 0) is 16.6 Å². The first kappa shape index (κ1) is 20.9. The molecule has 0 saturated carbocycles. The first-order valence-corrected chi connectivity index (χ1v) is 11.2. The highest BCUT2D eigenvalue weighted by molar-refractivity contribution is 7.92. The van der Waals surface area contributed by atoms with Gasteiger partial charge in [-0.05, 0) is 54.4 Å². The standard InChI is InChI=1S/C22H21ClN2O3S/c1-16-8-11-19(14-21(16)23)24-22(26)18-9-12-20(13-10-18)25(29(2,27)28)15-17-6-4-3-5-7-17/h3-14H,15H2,1-2H3,(H,24,26).